The van der Waals surface area contributed by atoms with Crippen molar-refractivity contribution in [1.29, 1.82) is 0 Å². The number of aliphatic hydroxyl groups excluding tert-OH is 1. The van der Waals surface area contributed by atoms with E-state index >= 15 is 0 Å². The third-order valence-electron chi connectivity index (χ3n) is 5.57. The van der Waals surface area contributed by atoms with Crippen molar-refractivity contribution in [3.63, 3.8) is 0 Å². The molecule has 1 aliphatic carbocycles. The van der Waals surface area contributed by atoms with Crippen molar-refractivity contribution in [2.45, 2.75) is 31.8 Å². The summed E-state index contributed by atoms with van der Waals surface area (Å²) < 4.78 is 7.15. The third-order valence-corrected chi connectivity index (χ3v) is 5.57. The summed E-state index contributed by atoms with van der Waals surface area (Å²) in [7, 11) is 0. The molecule has 2 atom stereocenters. The molecular formula is C17H23N5O2. The Morgan fingerprint density at radius 1 is 1.21 bits per heavy atom. The molecule has 0 bridgehead atoms. The van der Waals surface area contributed by atoms with Crippen molar-refractivity contribution < 1.29 is 9.84 Å². The van der Waals surface area contributed by atoms with Gasteiger partial charge in [-0.2, -0.15) is 4.68 Å². The Labute approximate surface area is 141 Å². The van der Waals surface area contributed by atoms with Crippen LogP contribution >= 0.6 is 0 Å². The van der Waals surface area contributed by atoms with Crippen LogP contribution in [0.2, 0.25) is 0 Å². The number of hydrogen-bond acceptors (Lipinski definition) is 6. The van der Waals surface area contributed by atoms with Gasteiger partial charge in [-0.1, -0.05) is 23.3 Å². The molecule has 2 aliphatic rings. The first-order chi connectivity index (χ1) is 11.8. The van der Waals surface area contributed by atoms with E-state index < -0.39 is 0 Å². The molecule has 2 fully saturated rings. The minimum Gasteiger partial charge on any atom is -0.392 e. The van der Waals surface area contributed by atoms with Gasteiger partial charge in [0.2, 0.25) is 5.95 Å². The Balaban J connectivity index is 1.42. The standard InChI is InChI=1S/C17H23N5O2/c23-15-13(6-7-17(15)8-10-24-11-9-17)12-18-16-19-20-21-22(16)14-4-2-1-3-5-14/h1-5,13,15,23H,6-12H2,(H,18,19,21)/t13-,15+/m1/s1. The summed E-state index contributed by atoms with van der Waals surface area (Å²) in [5.41, 5.74) is 0.966. The second kappa shape index (κ2) is 6.49. The van der Waals surface area contributed by atoms with Crippen LogP contribution in [0, 0.1) is 11.3 Å². The van der Waals surface area contributed by atoms with Gasteiger partial charge in [0.05, 0.1) is 11.8 Å². The molecule has 2 N–H and O–H groups in total. The van der Waals surface area contributed by atoms with Gasteiger partial charge in [-0.25, -0.2) is 0 Å². The molecule has 1 aromatic heterocycles. The van der Waals surface area contributed by atoms with Crippen LogP contribution in [0.4, 0.5) is 5.95 Å². The number of anilines is 1. The zero-order chi connectivity index (χ0) is 16.4. The Kier molecular flexibility index (Phi) is 4.20. The molecule has 2 aromatic rings. The summed E-state index contributed by atoms with van der Waals surface area (Å²) in [6.45, 7) is 2.21. The Hall–Kier alpha value is -1.99. The zero-order valence-corrected chi connectivity index (χ0v) is 13.6. The maximum absolute atomic E-state index is 10.8. The van der Waals surface area contributed by atoms with Gasteiger partial charge in [0.15, 0.2) is 0 Å². The van der Waals surface area contributed by atoms with Crippen LogP contribution in [0.15, 0.2) is 30.3 Å². The molecular weight excluding hydrogens is 306 g/mol. The second-order valence-electron chi connectivity index (χ2n) is 6.85. The molecule has 4 rings (SSSR count). The number of aromatic nitrogens is 4. The van der Waals surface area contributed by atoms with Gasteiger partial charge in [0.1, 0.15) is 0 Å². The Morgan fingerprint density at radius 2 is 2.00 bits per heavy atom. The van der Waals surface area contributed by atoms with Crippen molar-refractivity contribution in [2.24, 2.45) is 11.3 Å². The van der Waals surface area contributed by atoms with E-state index in [0.717, 1.165) is 44.6 Å². The molecule has 0 radical (unpaired) electrons. The quantitative estimate of drug-likeness (QED) is 0.887. The average molecular weight is 329 g/mol. The fraction of sp³-hybridized carbons (Fsp3) is 0.588. The highest BCUT2D eigenvalue weighted by atomic mass is 16.5. The lowest BCUT2D eigenvalue weighted by Gasteiger charge is -2.37. The van der Waals surface area contributed by atoms with E-state index in [1.165, 1.54) is 0 Å². The zero-order valence-electron chi connectivity index (χ0n) is 13.6. The SMILES string of the molecule is O[C@H]1[C@@H](CNc2nnnn2-c2ccccc2)CCC12CCOCC2. The molecule has 1 saturated carbocycles. The maximum Gasteiger partial charge on any atom is 0.247 e. The molecule has 1 saturated heterocycles. The number of nitrogens with one attached hydrogen (secondary N) is 1. The van der Waals surface area contributed by atoms with Crippen LogP contribution in [0.3, 0.4) is 0 Å². The first-order valence-corrected chi connectivity index (χ1v) is 8.62. The number of nitrogens with zero attached hydrogens (tertiary/aromatic N) is 4. The fourth-order valence-electron chi connectivity index (χ4n) is 4.08. The minimum absolute atomic E-state index is 0.0515. The highest BCUT2D eigenvalue weighted by Gasteiger charge is 2.48. The van der Waals surface area contributed by atoms with Gasteiger partial charge in [-0.3, -0.25) is 0 Å². The maximum atomic E-state index is 10.8. The van der Waals surface area contributed by atoms with Crippen LogP contribution in [0.1, 0.15) is 25.7 Å². The monoisotopic (exact) mass is 329 g/mol. The van der Waals surface area contributed by atoms with Crippen LogP contribution in [0.5, 0.6) is 0 Å². The summed E-state index contributed by atoms with van der Waals surface area (Å²) in [4.78, 5) is 0. The molecule has 1 spiro atoms. The van der Waals surface area contributed by atoms with Gasteiger partial charge < -0.3 is 15.2 Å². The third kappa shape index (κ3) is 2.78. The van der Waals surface area contributed by atoms with Gasteiger partial charge in [-0.05, 0) is 48.2 Å². The molecule has 0 amide bonds. The number of benzene rings is 1. The first kappa shape index (κ1) is 15.5. The lowest BCUT2D eigenvalue weighted by molar-refractivity contribution is -0.0545. The van der Waals surface area contributed by atoms with E-state index in [4.69, 9.17) is 4.74 Å². The molecule has 1 aromatic carbocycles. The number of hydrogen-bond donors (Lipinski definition) is 2. The summed E-state index contributed by atoms with van der Waals surface area (Å²) >= 11 is 0. The predicted octanol–water partition coefficient (Wildman–Crippen LogP) is 1.64. The smallest absolute Gasteiger partial charge is 0.247 e. The summed E-state index contributed by atoms with van der Waals surface area (Å²) in [6, 6.07) is 9.79. The molecule has 1 aliphatic heterocycles. The number of rotatable bonds is 4. The fourth-order valence-corrected chi connectivity index (χ4v) is 4.08. The topological polar surface area (TPSA) is 85.1 Å². The van der Waals surface area contributed by atoms with E-state index in [9.17, 15) is 5.11 Å². The lowest BCUT2D eigenvalue weighted by Crippen LogP contribution is -2.40. The van der Waals surface area contributed by atoms with E-state index in [1.54, 1.807) is 4.68 Å². The number of tetrazole rings is 1. The minimum atomic E-state index is -0.282. The van der Waals surface area contributed by atoms with Crippen LogP contribution < -0.4 is 5.32 Å². The van der Waals surface area contributed by atoms with Gasteiger partial charge >= 0.3 is 0 Å². The van der Waals surface area contributed by atoms with Crippen LogP contribution in [0.25, 0.3) is 5.69 Å². The van der Waals surface area contributed by atoms with Crippen molar-refractivity contribution in [3.8, 4) is 5.69 Å². The summed E-state index contributed by atoms with van der Waals surface area (Å²) in [5, 5.41) is 26.0. The molecule has 7 nitrogen and oxygen atoms in total. The summed E-state index contributed by atoms with van der Waals surface area (Å²) in [6.07, 6.45) is 3.75. The average Bonchev–Trinajstić information content (AvgIpc) is 3.21. The van der Waals surface area contributed by atoms with E-state index in [2.05, 4.69) is 20.8 Å². The molecule has 128 valence electrons. The van der Waals surface area contributed by atoms with Crippen molar-refractivity contribution >= 4 is 5.95 Å². The highest BCUT2D eigenvalue weighted by molar-refractivity contribution is 5.38. The molecule has 2 heterocycles. The second-order valence-corrected chi connectivity index (χ2v) is 6.85. The highest BCUT2D eigenvalue weighted by Crippen LogP contribution is 2.48. The van der Waals surface area contributed by atoms with E-state index in [1.807, 2.05) is 30.3 Å². The summed E-state index contributed by atoms with van der Waals surface area (Å²) in [5.74, 6) is 0.838. The molecule has 7 heteroatoms. The van der Waals surface area contributed by atoms with E-state index in [0.29, 0.717) is 12.5 Å². The number of aliphatic hydroxyl groups is 1. The van der Waals surface area contributed by atoms with Gasteiger partial charge in [0, 0.05) is 31.1 Å². The first-order valence-electron chi connectivity index (χ1n) is 8.62. The van der Waals surface area contributed by atoms with Crippen molar-refractivity contribution in [3.05, 3.63) is 30.3 Å². The lowest BCUT2D eigenvalue weighted by atomic mass is 9.76. The molecule has 0 unspecified atom stereocenters. The van der Waals surface area contributed by atoms with Gasteiger partial charge in [-0.15, -0.1) is 0 Å². The number of para-hydroxylation sites is 1. The Morgan fingerprint density at radius 3 is 2.79 bits per heavy atom. The van der Waals surface area contributed by atoms with E-state index in [-0.39, 0.29) is 17.4 Å². The molecule has 24 heavy (non-hydrogen) atoms. The van der Waals surface area contributed by atoms with Crippen LogP contribution in [-0.2, 0) is 4.74 Å². The Bertz CT molecular complexity index is 669. The largest absolute Gasteiger partial charge is 0.392 e. The predicted molar refractivity (Wildman–Crippen MR) is 88.9 cm³/mol. The van der Waals surface area contributed by atoms with Crippen molar-refractivity contribution in [2.75, 3.05) is 25.1 Å². The van der Waals surface area contributed by atoms with Gasteiger partial charge in [0.25, 0.3) is 0 Å². The normalized spacial score (nSPS) is 25.9. The van der Waals surface area contributed by atoms with Crippen LogP contribution in [-0.4, -0.2) is 51.2 Å². The van der Waals surface area contributed by atoms with Crippen molar-refractivity contribution in [1.82, 2.24) is 20.2 Å². The number of ether oxygens (including phenoxy) is 1.